The lowest BCUT2D eigenvalue weighted by atomic mass is 9.68. The molecule has 2 aliphatic rings. The van der Waals surface area contributed by atoms with Gasteiger partial charge in [-0.1, -0.05) is 51.5 Å². The molecule has 4 nitrogen and oxygen atoms in total. The van der Waals surface area contributed by atoms with Crippen molar-refractivity contribution in [3.8, 4) is 5.75 Å². The first-order valence-corrected chi connectivity index (χ1v) is 10.7. The van der Waals surface area contributed by atoms with Gasteiger partial charge in [-0.15, -0.1) is 0 Å². The van der Waals surface area contributed by atoms with E-state index < -0.39 is 0 Å². The number of ether oxygens (including phenoxy) is 1. The molecule has 0 aromatic heterocycles. The van der Waals surface area contributed by atoms with E-state index in [1.807, 2.05) is 36.4 Å². The fraction of sp³-hybridized carbons (Fsp3) is 0.440. The van der Waals surface area contributed by atoms with Gasteiger partial charge in [0.1, 0.15) is 11.5 Å². The van der Waals surface area contributed by atoms with E-state index in [0.717, 1.165) is 47.7 Å². The van der Waals surface area contributed by atoms with Gasteiger partial charge >= 0.3 is 0 Å². The molecule has 1 aliphatic carbocycles. The Bertz CT molecular complexity index is 932. The number of anilines is 1. The molecule has 0 unspecified atom stereocenters. The highest BCUT2D eigenvalue weighted by Crippen LogP contribution is 2.45. The Kier molecular flexibility index (Phi) is 5.44. The van der Waals surface area contributed by atoms with Gasteiger partial charge in [-0.25, -0.2) is 0 Å². The highest BCUT2D eigenvalue weighted by atomic mass is 16.5. The number of unbranched alkanes of at least 4 members (excludes halogenated alkanes) is 1. The van der Waals surface area contributed by atoms with Gasteiger partial charge in [0.2, 0.25) is 0 Å². The number of para-hydroxylation sites is 2. The highest BCUT2D eigenvalue weighted by Gasteiger charge is 2.43. The average molecular weight is 391 g/mol. The molecule has 1 fully saturated rings. The van der Waals surface area contributed by atoms with Gasteiger partial charge in [-0.3, -0.25) is 9.79 Å². The number of carbonyl (C=O) groups excluding carboxylic acids is 1. The molecule has 152 valence electrons. The second-order valence-corrected chi connectivity index (χ2v) is 8.98. The Morgan fingerprint density at radius 3 is 2.79 bits per heavy atom. The van der Waals surface area contributed by atoms with Gasteiger partial charge in [0.15, 0.2) is 0 Å². The van der Waals surface area contributed by atoms with Crippen LogP contribution in [-0.4, -0.2) is 18.1 Å². The van der Waals surface area contributed by atoms with Crippen molar-refractivity contribution >= 4 is 22.9 Å². The lowest BCUT2D eigenvalue weighted by molar-refractivity contribution is -0.124. The summed E-state index contributed by atoms with van der Waals surface area (Å²) >= 11 is 0. The minimum atomic E-state index is -0.249. The minimum absolute atomic E-state index is 0.0542. The lowest BCUT2D eigenvalue weighted by Crippen LogP contribution is -2.42. The molecule has 4 rings (SSSR count). The lowest BCUT2D eigenvalue weighted by Gasteiger charge is -2.37. The molecule has 2 aromatic rings. The van der Waals surface area contributed by atoms with Crippen molar-refractivity contribution in [3.63, 3.8) is 0 Å². The largest absolute Gasteiger partial charge is 0.494 e. The summed E-state index contributed by atoms with van der Waals surface area (Å²) in [6.07, 6.45) is 3.56. The normalized spacial score (nSPS) is 22.6. The van der Waals surface area contributed by atoms with E-state index in [4.69, 9.17) is 9.73 Å². The molecule has 1 aliphatic heterocycles. The number of Topliss-reactive ketones (excluding diaryl/α,β-unsaturated/α-hetero) is 1. The predicted molar refractivity (Wildman–Crippen MR) is 118 cm³/mol. The Labute approximate surface area is 173 Å². The number of carbonyl (C=O) groups is 1. The molecule has 0 radical (unpaired) electrons. The molecule has 29 heavy (non-hydrogen) atoms. The van der Waals surface area contributed by atoms with Crippen LogP contribution in [0.4, 0.5) is 11.4 Å². The number of ketones is 1. The third-order valence-electron chi connectivity index (χ3n) is 5.81. The maximum absolute atomic E-state index is 13.3. The third-order valence-corrected chi connectivity index (χ3v) is 5.81. The Balaban J connectivity index is 1.74. The van der Waals surface area contributed by atoms with Crippen LogP contribution in [0.3, 0.4) is 0 Å². The molecular weight excluding hydrogens is 360 g/mol. The highest BCUT2D eigenvalue weighted by molar-refractivity contribution is 6.10. The Morgan fingerprint density at radius 2 is 1.97 bits per heavy atom. The maximum Gasteiger partial charge on any atom is 0.144 e. The molecule has 4 heteroatoms. The van der Waals surface area contributed by atoms with Crippen LogP contribution in [0, 0.1) is 11.3 Å². The van der Waals surface area contributed by atoms with Gasteiger partial charge in [0.25, 0.3) is 0 Å². The smallest absolute Gasteiger partial charge is 0.144 e. The first-order valence-electron chi connectivity index (χ1n) is 10.7. The van der Waals surface area contributed by atoms with Crippen LogP contribution in [0.25, 0.3) is 0 Å². The number of fused-ring (bicyclic) bond motifs is 2. The number of nitrogens with one attached hydrogen (secondary N) is 1. The van der Waals surface area contributed by atoms with Crippen LogP contribution in [0.15, 0.2) is 53.5 Å². The van der Waals surface area contributed by atoms with E-state index in [9.17, 15) is 4.79 Å². The Hall–Kier alpha value is -2.62. The van der Waals surface area contributed by atoms with E-state index >= 15 is 0 Å². The average Bonchev–Trinajstić information content (AvgIpc) is 2.84. The van der Waals surface area contributed by atoms with Crippen LogP contribution >= 0.6 is 0 Å². The zero-order valence-corrected chi connectivity index (χ0v) is 17.6. The second-order valence-electron chi connectivity index (χ2n) is 8.98. The summed E-state index contributed by atoms with van der Waals surface area (Å²) in [5.41, 5.74) is 3.90. The number of rotatable bonds is 5. The summed E-state index contributed by atoms with van der Waals surface area (Å²) in [5.74, 6) is 0.876. The van der Waals surface area contributed by atoms with E-state index in [1.165, 1.54) is 0 Å². The van der Waals surface area contributed by atoms with E-state index in [-0.39, 0.29) is 23.2 Å². The van der Waals surface area contributed by atoms with E-state index in [0.29, 0.717) is 13.0 Å². The summed E-state index contributed by atoms with van der Waals surface area (Å²) in [4.78, 5) is 18.2. The van der Waals surface area contributed by atoms with E-state index in [2.05, 4.69) is 38.2 Å². The van der Waals surface area contributed by atoms with Gasteiger partial charge in [0, 0.05) is 12.1 Å². The zero-order chi connectivity index (χ0) is 20.4. The van der Waals surface area contributed by atoms with Gasteiger partial charge in [0.05, 0.1) is 29.9 Å². The van der Waals surface area contributed by atoms with Crippen LogP contribution in [0.2, 0.25) is 0 Å². The minimum Gasteiger partial charge on any atom is -0.494 e. The molecule has 0 saturated heterocycles. The van der Waals surface area contributed by atoms with Crippen LogP contribution in [0.1, 0.15) is 58.1 Å². The van der Waals surface area contributed by atoms with Gasteiger partial charge in [-0.2, -0.15) is 0 Å². The van der Waals surface area contributed by atoms with Crippen molar-refractivity contribution in [2.24, 2.45) is 16.3 Å². The topological polar surface area (TPSA) is 50.7 Å². The second kappa shape index (κ2) is 8.02. The fourth-order valence-corrected chi connectivity index (χ4v) is 4.42. The van der Waals surface area contributed by atoms with Crippen LogP contribution < -0.4 is 10.1 Å². The Morgan fingerprint density at radius 1 is 1.14 bits per heavy atom. The standard InChI is InChI=1S/C25H30N2O2/c1-4-5-13-29-18-10-8-9-17(14-18)24-23-21(15-25(2,3)16-22(23)28)26-19-11-6-7-12-20(19)27-24/h6-12,14,23-24,27H,4-5,13,15-16H2,1-3H3/t23-,24-/m0/s1. The third kappa shape index (κ3) is 4.21. The molecule has 0 bridgehead atoms. The number of hydrogen-bond acceptors (Lipinski definition) is 4. The number of benzene rings is 2. The molecule has 1 saturated carbocycles. The maximum atomic E-state index is 13.3. The summed E-state index contributed by atoms with van der Waals surface area (Å²) in [6.45, 7) is 7.18. The van der Waals surface area contributed by atoms with Crippen molar-refractivity contribution < 1.29 is 9.53 Å². The first kappa shape index (κ1) is 19.7. The zero-order valence-electron chi connectivity index (χ0n) is 17.6. The van der Waals surface area contributed by atoms with Crippen molar-refractivity contribution in [1.29, 1.82) is 0 Å². The van der Waals surface area contributed by atoms with Gasteiger partial charge < -0.3 is 10.1 Å². The summed E-state index contributed by atoms with van der Waals surface area (Å²) in [7, 11) is 0. The molecule has 0 amide bonds. The molecule has 1 heterocycles. The van der Waals surface area contributed by atoms with Crippen LogP contribution in [-0.2, 0) is 4.79 Å². The molecular formula is C25H30N2O2. The molecule has 0 spiro atoms. The van der Waals surface area contributed by atoms with Crippen molar-refractivity contribution in [3.05, 3.63) is 54.1 Å². The number of hydrogen-bond donors (Lipinski definition) is 1. The monoisotopic (exact) mass is 390 g/mol. The van der Waals surface area contributed by atoms with Crippen molar-refractivity contribution in [2.45, 2.75) is 52.5 Å². The van der Waals surface area contributed by atoms with E-state index in [1.54, 1.807) is 0 Å². The van der Waals surface area contributed by atoms with Crippen molar-refractivity contribution in [1.82, 2.24) is 0 Å². The molecule has 2 atom stereocenters. The summed E-state index contributed by atoms with van der Waals surface area (Å²) < 4.78 is 5.93. The number of aliphatic imine (C=N–C) groups is 1. The summed E-state index contributed by atoms with van der Waals surface area (Å²) in [6, 6.07) is 16.1. The molecule has 2 aromatic carbocycles. The SMILES string of the molecule is CCCCOc1cccc([C@@H]2Nc3ccccc3N=C3CC(C)(C)CC(=O)[C@H]32)c1. The summed E-state index contributed by atoms with van der Waals surface area (Å²) in [5, 5.41) is 3.64. The van der Waals surface area contributed by atoms with Gasteiger partial charge in [-0.05, 0) is 48.1 Å². The number of nitrogens with zero attached hydrogens (tertiary/aromatic N) is 1. The first-order chi connectivity index (χ1) is 14.0. The predicted octanol–water partition coefficient (Wildman–Crippen LogP) is 6.11. The van der Waals surface area contributed by atoms with Crippen molar-refractivity contribution in [2.75, 3.05) is 11.9 Å². The fourth-order valence-electron chi connectivity index (χ4n) is 4.42. The quantitative estimate of drug-likeness (QED) is 0.627. The van der Waals surface area contributed by atoms with Crippen LogP contribution in [0.5, 0.6) is 5.75 Å². The molecule has 1 N–H and O–H groups in total.